The lowest BCUT2D eigenvalue weighted by molar-refractivity contribution is -0.154. The number of amides is 1. The molecule has 1 aliphatic heterocycles. The van der Waals surface area contributed by atoms with Gasteiger partial charge >= 0.3 is 5.97 Å². The normalized spacial score (nSPS) is 20.9. The van der Waals surface area contributed by atoms with Gasteiger partial charge in [0.05, 0.1) is 13.2 Å². The van der Waals surface area contributed by atoms with Crippen LogP contribution in [0.5, 0.6) is 11.5 Å². The molecule has 2 aromatic rings. The molecule has 0 spiro atoms. The van der Waals surface area contributed by atoms with Crippen LogP contribution in [0, 0.1) is 11.3 Å². The Morgan fingerprint density at radius 3 is 2.28 bits per heavy atom. The average Bonchev–Trinajstić information content (AvgIpc) is 3.57. The molecule has 1 amide bonds. The molecule has 2 aromatic carbocycles. The predicted molar refractivity (Wildman–Crippen MR) is 139 cm³/mol. The zero-order chi connectivity index (χ0) is 25.7. The predicted octanol–water partition coefficient (Wildman–Crippen LogP) is 4.72. The number of carbonyl (C=O) groups is 2. The van der Waals surface area contributed by atoms with E-state index < -0.39 is 11.4 Å². The molecule has 0 unspecified atom stereocenters. The Kier molecular flexibility index (Phi) is 8.07. The Morgan fingerprint density at radius 1 is 1.06 bits per heavy atom. The summed E-state index contributed by atoms with van der Waals surface area (Å²) in [5.41, 5.74) is 0.702. The highest BCUT2D eigenvalue weighted by Crippen LogP contribution is 2.48. The Bertz CT molecular complexity index is 1050. The zero-order valence-corrected chi connectivity index (χ0v) is 21.4. The average molecular weight is 495 g/mol. The van der Waals surface area contributed by atoms with Crippen molar-refractivity contribution < 1.29 is 24.5 Å². The summed E-state index contributed by atoms with van der Waals surface area (Å²) in [7, 11) is 1.51. The number of piperazine rings is 1. The second-order valence-corrected chi connectivity index (χ2v) is 10.4. The summed E-state index contributed by atoms with van der Waals surface area (Å²) in [5, 5.41) is 19.8. The first-order valence-corrected chi connectivity index (χ1v) is 13.0. The molecule has 2 saturated carbocycles. The molecule has 3 fully saturated rings. The highest BCUT2D eigenvalue weighted by molar-refractivity contribution is 6.05. The molecule has 1 heterocycles. The number of phenols is 1. The van der Waals surface area contributed by atoms with E-state index in [2.05, 4.69) is 11.8 Å². The lowest BCUT2D eigenvalue weighted by Gasteiger charge is -2.43. The lowest BCUT2D eigenvalue weighted by atomic mass is 9.97. The molecule has 0 aromatic heterocycles. The third-order valence-electron chi connectivity index (χ3n) is 7.80. The Labute approximate surface area is 213 Å². The monoisotopic (exact) mass is 494 g/mol. The van der Waals surface area contributed by atoms with Crippen LogP contribution in [0.25, 0.3) is 0 Å². The van der Waals surface area contributed by atoms with Crippen LogP contribution >= 0.6 is 0 Å². The fraction of sp³-hybridized carbons (Fsp3) is 0.517. The third kappa shape index (κ3) is 5.77. The number of benzene rings is 2. The van der Waals surface area contributed by atoms with Crippen molar-refractivity contribution in [3.8, 4) is 11.5 Å². The molecular weight excluding hydrogens is 456 g/mol. The smallest absolute Gasteiger partial charge is 0.319 e. The molecule has 0 radical (unpaired) electrons. The van der Waals surface area contributed by atoms with Crippen LogP contribution in [0.4, 0.5) is 5.69 Å². The van der Waals surface area contributed by atoms with Crippen LogP contribution in [-0.2, 0) is 16.0 Å². The molecule has 7 heteroatoms. The van der Waals surface area contributed by atoms with E-state index in [9.17, 15) is 19.8 Å². The van der Waals surface area contributed by atoms with Crippen molar-refractivity contribution in [1.82, 2.24) is 4.90 Å². The van der Waals surface area contributed by atoms with Crippen LogP contribution in [0.2, 0.25) is 0 Å². The van der Waals surface area contributed by atoms with Crippen molar-refractivity contribution >= 4 is 17.6 Å². The van der Waals surface area contributed by atoms with Gasteiger partial charge in [-0.2, -0.15) is 0 Å². The SMILES string of the molecule is CC1CCCC1.COc1ccc(N2CCN(C(=O)C3(C(=O)O)CC3)[C@@H](Cc3ccccc3)C2)cc1O. The van der Waals surface area contributed by atoms with Crippen molar-refractivity contribution in [2.75, 3.05) is 31.6 Å². The van der Waals surface area contributed by atoms with Crippen LogP contribution in [0.3, 0.4) is 0 Å². The first-order valence-electron chi connectivity index (χ1n) is 13.0. The van der Waals surface area contributed by atoms with Gasteiger partial charge < -0.3 is 24.7 Å². The van der Waals surface area contributed by atoms with E-state index in [0.717, 1.165) is 17.2 Å². The van der Waals surface area contributed by atoms with Gasteiger partial charge in [0.2, 0.25) is 5.91 Å². The summed E-state index contributed by atoms with van der Waals surface area (Å²) >= 11 is 0. The Hall–Kier alpha value is -3.22. The van der Waals surface area contributed by atoms with Crippen molar-refractivity contribution in [1.29, 1.82) is 0 Å². The van der Waals surface area contributed by atoms with Gasteiger partial charge in [0.1, 0.15) is 5.41 Å². The van der Waals surface area contributed by atoms with Crippen molar-refractivity contribution in [3.63, 3.8) is 0 Å². The maximum Gasteiger partial charge on any atom is 0.319 e. The number of anilines is 1. The standard InChI is InChI=1S/C23H26N2O5.C6H12/c1-30-20-8-7-17(14-19(20)26)24-11-12-25(21(27)23(9-10-23)22(28)29)18(15-24)13-16-5-3-2-4-6-16;1-6-4-2-3-5-6/h2-8,14,18,26H,9-13,15H2,1H3,(H,28,29);6H,2-5H2,1H3/t18-;/m0./s1. The van der Waals surface area contributed by atoms with Gasteiger partial charge in [0.15, 0.2) is 11.5 Å². The summed E-state index contributed by atoms with van der Waals surface area (Å²) in [6.07, 6.45) is 7.40. The molecule has 1 atom stereocenters. The number of methoxy groups -OCH3 is 1. The van der Waals surface area contributed by atoms with E-state index >= 15 is 0 Å². The third-order valence-corrected chi connectivity index (χ3v) is 7.80. The van der Waals surface area contributed by atoms with E-state index in [1.165, 1.54) is 32.8 Å². The molecule has 3 aliphatic rings. The Balaban J connectivity index is 0.000000445. The van der Waals surface area contributed by atoms with E-state index in [4.69, 9.17) is 4.74 Å². The fourth-order valence-corrected chi connectivity index (χ4v) is 5.34. The highest BCUT2D eigenvalue weighted by Gasteiger charge is 2.59. The first-order chi connectivity index (χ1) is 17.3. The number of nitrogens with zero attached hydrogens (tertiary/aromatic N) is 2. The molecule has 5 rings (SSSR count). The number of hydrogen-bond acceptors (Lipinski definition) is 5. The minimum Gasteiger partial charge on any atom is -0.504 e. The van der Waals surface area contributed by atoms with Gasteiger partial charge in [-0.1, -0.05) is 62.9 Å². The molecule has 2 aliphatic carbocycles. The summed E-state index contributed by atoms with van der Waals surface area (Å²) < 4.78 is 5.13. The molecule has 7 nitrogen and oxygen atoms in total. The summed E-state index contributed by atoms with van der Waals surface area (Å²) in [6, 6.07) is 15.0. The number of carboxylic acid groups (broad SMARTS) is 1. The van der Waals surface area contributed by atoms with Gasteiger partial charge in [-0.05, 0) is 42.9 Å². The summed E-state index contributed by atoms with van der Waals surface area (Å²) in [4.78, 5) is 28.8. The summed E-state index contributed by atoms with van der Waals surface area (Å²) in [5.74, 6) is 0.230. The maximum absolute atomic E-state index is 13.2. The lowest BCUT2D eigenvalue weighted by Crippen LogP contribution is -2.58. The number of hydrogen-bond donors (Lipinski definition) is 2. The quantitative estimate of drug-likeness (QED) is 0.565. The first kappa shape index (κ1) is 25.9. The van der Waals surface area contributed by atoms with Gasteiger partial charge in [-0.15, -0.1) is 0 Å². The van der Waals surface area contributed by atoms with E-state index in [1.807, 2.05) is 36.4 Å². The maximum atomic E-state index is 13.2. The molecule has 0 bridgehead atoms. The van der Waals surface area contributed by atoms with Gasteiger partial charge in [-0.3, -0.25) is 9.59 Å². The van der Waals surface area contributed by atoms with E-state index in [0.29, 0.717) is 44.6 Å². The fourth-order valence-electron chi connectivity index (χ4n) is 5.34. The number of aromatic hydroxyl groups is 1. The van der Waals surface area contributed by atoms with E-state index in [1.54, 1.807) is 17.0 Å². The number of ether oxygens (including phenoxy) is 1. The zero-order valence-electron chi connectivity index (χ0n) is 21.4. The molecule has 2 N–H and O–H groups in total. The van der Waals surface area contributed by atoms with E-state index in [-0.39, 0.29) is 17.7 Å². The van der Waals surface area contributed by atoms with Crippen molar-refractivity contribution in [3.05, 3.63) is 54.1 Å². The van der Waals surface area contributed by atoms with Crippen molar-refractivity contribution in [2.24, 2.45) is 11.3 Å². The van der Waals surface area contributed by atoms with Gasteiger partial charge in [-0.25, -0.2) is 0 Å². The van der Waals surface area contributed by atoms with Crippen molar-refractivity contribution in [2.45, 2.75) is 57.9 Å². The number of carboxylic acids is 1. The van der Waals surface area contributed by atoms with Gasteiger partial charge in [0, 0.05) is 31.4 Å². The van der Waals surface area contributed by atoms with Crippen LogP contribution in [-0.4, -0.2) is 59.8 Å². The molecule has 1 saturated heterocycles. The van der Waals surface area contributed by atoms with Crippen LogP contribution in [0.1, 0.15) is 51.0 Å². The number of aliphatic carboxylic acids is 1. The second-order valence-electron chi connectivity index (χ2n) is 10.4. The number of phenolic OH excluding ortho intramolecular Hbond substituents is 1. The van der Waals surface area contributed by atoms with Gasteiger partial charge in [0.25, 0.3) is 0 Å². The largest absolute Gasteiger partial charge is 0.504 e. The second kappa shape index (κ2) is 11.2. The minimum absolute atomic E-state index is 0.0657. The highest BCUT2D eigenvalue weighted by atomic mass is 16.5. The molecule has 194 valence electrons. The minimum atomic E-state index is -1.24. The summed E-state index contributed by atoms with van der Waals surface area (Å²) in [6.45, 7) is 3.91. The molecule has 36 heavy (non-hydrogen) atoms. The van der Waals surface area contributed by atoms with Crippen LogP contribution in [0.15, 0.2) is 48.5 Å². The number of carbonyl (C=O) groups excluding carboxylic acids is 1. The Morgan fingerprint density at radius 2 is 1.75 bits per heavy atom. The number of rotatable bonds is 6. The molecular formula is C29H38N2O5. The topological polar surface area (TPSA) is 90.3 Å². The van der Waals surface area contributed by atoms with Crippen LogP contribution < -0.4 is 9.64 Å².